The van der Waals surface area contributed by atoms with Gasteiger partial charge in [0.15, 0.2) is 5.65 Å². The SMILES string of the molecule is CN(C)CCCn1c(=O)c2[nH]c(Cc3ccccc3)nc2n(CCc2ccc(N)cc2)c1=O. The Morgan fingerprint density at radius 3 is 2.36 bits per heavy atom. The zero-order valence-electron chi connectivity index (χ0n) is 19.1. The van der Waals surface area contributed by atoms with Gasteiger partial charge in [0.25, 0.3) is 5.56 Å². The Morgan fingerprint density at radius 1 is 0.939 bits per heavy atom. The van der Waals surface area contributed by atoms with E-state index in [1.54, 1.807) is 4.57 Å². The molecule has 0 atom stereocenters. The van der Waals surface area contributed by atoms with Crippen LogP contribution in [-0.2, 0) is 25.9 Å². The van der Waals surface area contributed by atoms with Crippen molar-refractivity contribution in [1.29, 1.82) is 0 Å². The molecule has 4 aromatic rings. The molecular formula is C25H30N6O2. The van der Waals surface area contributed by atoms with Crippen LogP contribution in [0.4, 0.5) is 5.69 Å². The van der Waals surface area contributed by atoms with E-state index in [1.807, 2.05) is 73.6 Å². The first-order chi connectivity index (χ1) is 15.9. The Bertz CT molecular complexity index is 1330. The molecule has 4 rings (SSSR count). The molecule has 0 aliphatic rings. The predicted molar refractivity (Wildman–Crippen MR) is 132 cm³/mol. The molecule has 0 spiro atoms. The normalized spacial score (nSPS) is 11.5. The summed E-state index contributed by atoms with van der Waals surface area (Å²) in [5.41, 5.74) is 8.79. The number of hydrogen-bond acceptors (Lipinski definition) is 5. The smallest absolute Gasteiger partial charge is 0.332 e. The quantitative estimate of drug-likeness (QED) is 0.384. The lowest BCUT2D eigenvalue weighted by atomic mass is 10.1. The van der Waals surface area contributed by atoms with Crippen molar-refractivity contribution in [3.8, 4) is 0 Å². The summed E-state index contributed by atoms with van der Waals surface area (Å²) in [6.07, 6.45) is 1.89. The van der Waals surface area contributed by atoms with Crippen molar-refractivity contribution in [3.05, 3.63) is 92.4 Å². The zero-order valence-corrected chi connectivity index (χ0v) is 19.1. The summed E-state index contributed by atoms with van der Waals surface area (Å²) in [4.78, 5) is 36.5. The molecule has 2 heterocycles. The first kappa shape index (κ1) is 22.5. The molecule has 8 nitrogen and oxygen atoms in total. The summed E-state index contributed by atoms with van der Waals surface area (Å²) in [6.45, 7) is 1.57. The Balaban J connectivity index is 1.73. The van der Waals surface area contributed by atoms with Crippen molar-refractivity contribution in [1.82, 2.24) is 24.0 Å². The summed E-state index contributed by atoms with van der Waals surface area (Å²) in [7, 11) is 3.95. The highest BCUT2D eigenvalue weighted by atomic mass is 16.2. The number of fused-ring (bicyclic) bond motifs is 1. The van der Waals surface area contributed by atoms with Crippen LogP contribution in [0.25, 0.3) is 11.2 Å². The van der Waals surface area contributed by atoms with Gasteiger partial charge in [-0.25, -0.2) is 9.78 Å². The van der Waals surface area contributed by atoms with Crippen LogP contribution in [0.2, 0.25) is 0 Å². The average Bonchev–Trinajstić information content (AvgIpc) is 3.21. The highest BCUT2D eigenvalue weighted by Crippen LogP contribution is 2.12. The summed E-state index contributed by atoms with van der Waals surface area (Å²) in [5.74, 6) is 0.667. The third-order valence-electron chi connectivity index (χ3n) is 5.72. The van der Waals surface area contributed by atoms with E-state index < -0.39 is 0 Å². The van der Waals surface area contributed by atoms with Crippen molar-refractivity contribution >= 4 is 16.9 Å². The van der Waals surface area contributed by atoms with Gasteiger partial charge in [0, 0.05) is 25.2 Å². The predicted octanol–water partition coefficient (Wildman–Crippen LogP) is 2.25. The van der Waals surface area contributed by atoms with Gasteiger partial charge in [0.1, 0.15) is 11.3 Å². The van der Waals surface area contributed by atoms with E-state index in [2.05, 4.69) is 9.97 Å². The fourth-order valence-corrected chi connectivity index (χ4v) is 3.96. The highest BCUT2D eigenvalue weighted by Gasteiger charge is 2.17. The molecule has 2 aromatic heterocycles. The van der Waals surface area contributed by atoms with Crippen molar-refractivity contribution in [2.45, 2.75) is 32.4 Å². The van der Waals surface area contributed by atoms with E-state index in [0.29, 0.717) is 55.0 Å². The molecule has 33 heavy (non-hydrogen) atoms. The van der Waals surface area contributed by atoms with E-state index >= 15 is 0 Å². The van der Waals surface area contributed by atoms with Gasteiger partial charge in [0.05, 0.1) is 0 Å². The summed E-state index contributed by atoms with van der Waals surface area (Å²) >= 11 is 0. The lowest BCUT2D eigenvalue weighted by Crippen LogP contribution is -2.41. The molecule has 0 fully saturated rings. The summed E-state index contributed by atoms with van der Waals surface area (Å²) in [6, 6.07) is 17.5. The number of aryl methyl sites for hydroxylation is 2. The van der Waals surface area contributed by atoms with Gasteiger partial charge in [-0.2, -0.15) is 0 Å². The van der Waals surface area contributed by atoms with Crippen LogP contribution in [0.1, 0.15) is 23.4 Å². The van der Waals surface area contributed by atoms with E-state index in [-0.39, 0.29) is 11.2 Å². The second-order valence-corrected chi connectivity index (χ2v) is 8.58. The number of benzene rings is 2. The number of rotatable bonds is 9. The minimum absolute atomic E-state index is 0.315. The number of aromatic amines is 1. The average molecular weight is 447 g/mol. The molecule has 8 heteroatoms. The maximum absolute atomic E-state index is 13.4. The second kappa shape index (κ2) is 9.87. The number of nitrogens with one attached hydrogen (secondary N) is 1. The molecule has 0 amide bonds. The van der Waals surface area contributed by atoms with Gasteiger partial charge < -0.3 is 15.6 Å². The van der Waals surface area contributed by atoms with Crippen molar-refractivity contribution in [2.75, 3.05) is 26.4 Å². The molecule has 0 saturated heterocycles. The molecule has 3 N–H and O–H groups in total. The maximum atomic E-state index is 13.4. The van der Waals surface area contributed by atoms with Crippen LogP contribution in [0, 0.1) is 0 Å². The van der Waals surface area contributed by atoms with Gasteiger partial charge in [-0.15, -0.1) is 0 Å². The standard InChI is InChI=1S/C25H30N6O2/c1-29(2)14-6-15-31-24(32)22-23(28-21(27-22)17-19-7-4-3-5-8-19)30(25(31)33)16-13-18-9-11-20(26)12-10-18/h3-5,7-12H,6,13-17,26H2,1-2H3,(H,27,28). The van der Waals surface area contributed by atoms with Crippen LogP contribution in [-0.4, -0.2) is 44.6 Å². The number of aromatic nitrogens is 4. The van der Waals surface area contributed by atoms with Crippen LogP contribution in [0.3, 0.4) is 0 Å². The largest absolute Gasteiger partial charge is 0.399 e. The second-order valence-electron chi connectivity index (χ2n) is 8.58. The molecule has 0 aliphatic carbocycles. The third kappa shape index (κ3) is 5.23. The summed E-state index contributed by atoms with van der Waals surface area (Å²) < 4.78 is 2.95. The van der Waals surface area contributed by atoms with E-state index in [1.165, 1.54) is 4.57 Å². The lowest BCUT2D eigenvalue weighted by molar-refractivity contribution is 0.380. The Morgan fingerprint density at radius 2 is 1.67 bits per heavy atom. The van der Waals surface area contributed by atoms with Crippen molar-refractivity contribution in [2.24, 2.45) is 0 Å². The first-order valence-corrected chi connectivity index (χ1v) is 11.2. The fourth-order valence-electron chi connectivity index (χ4n) is 3.96. The summed E-state index contributed by atoms with van der Waals surface area (Å²) in [5, 5.41) is 0. The molecule has 0 radical (unpaired) electrons. The van der Waals surface area contributed by atoms with Gasteiger partial charge in [-0.1, -0.05) is 42.5 Å². The maximum Gasteiger partial charge on any atom is 0.332 e. The van der Waals surface area contributed by atoms with Crippen molar-refractivity contribution in [3.63, 3.8) is 0 Å². The third-order valence-corrected chi connectivity index (χ3v) is 5.72. The van der Waals surface area contributed by atoms with Crippen LogP contribution in [0.15, 0.2) is 64.2 Å². The Labute approximate surface area is 192 Å². The van der Waals surface area contributed by atoms with E-state index in [9.17, 15) is 9.59 Å². The minimum Gasteiger partial charge on any atom is -0.399 e. The minimum atomic E-state index is -0.320. The fraction of sp³-hybridized carbons (Fsp3) is 0.320. The molecule has 0 saturated carbocycles. The number of anilines is 1. The number of hydrogen-bond donors (Lipinski definition) is 2. The van der Waals surface area contributed by atoms with E-state index in [0.717, 1.165) is 17.7 Å². The molecule has 0 aliphatic heterocycles. The number of H-pyrrole nitrogens is 1. The molecule has 0 bridgehead atoms. The Hall–Kier alpha value is -3.65. The number of imidazole rings is 1. The van der Waals surface area contributed by atoms with Gasteiger partial charge >= 0.3 is 5.69 Å². The topological polar surface area (TPSA) is 102 Å². The van der Waals surface area contributed by atoms with E-state index in [4.69, 9.17) is 5.73 Å². The Kier molecular flexibility index (Phi) is 6.74. The highest BCUT2D eigenvalue weighted by molar-refractivity contribution is 5.70. The van der Waals surface area contributed by atoms with Crippen LogP contribution < -0.4 is 17.0 Å². The first-order valence-electron chi connectivity index (χ1n) is 11.2. The van der Waals surface area contributed by atoms with Crippen LogP contribution in [0.5, 0.6) is 0 Å². The molecule has 2 aromatic carbocycles. The van der Waals surface area contributed by atoms with Crippen LogP contribution >= 0.6 is 0 Å². The zero-order chi connectivity index (χ0) is 23.4. The lowest BCUT2D eigenvalue weighted by Gasteiger charge is -2.13. The van der Waals surface area contributed by atoms with Gasteiger partial charge in [-0.3, -0.25) is 13.9 Å². The van der Waals surface area contributed by atoms with Gasteiger partial charge in [-0.05, 0) is 56.7 Å². The van der Waals surface area contributed by atoms with Gasteiger partial charge in [0.2, 0.25) is 0 Å². The number of nitrogens with two attached hydrogens (primary N) is 1. The molecular weight excluding hydrogens is 416 g/mol. The van der Waals surface area contributed by atoms with Crippen molar-refractivity contribution < 1.29 is 0 Å². The molecule has 172 valence electrons. The number of nitrogen functional groups attached to an aromatic ring is 1. The number of nitrogens with zero attached hydrogens (tertiary/aromatic N) is 4. The molecule has 0 unspecified atom stereocenters. The monoisotopic (exact) mass is 446 g/mol.